The van der Waals surface area contributed by atoms with Gasteiger partial charge in [0.25, 0.3) is 0 Å². The number of hydrogen-bond acceptors (Lipinski definition) is 3. The third-order valence-corrected chi connectivity index (χ3v) is 4.30. The topological polar surface area (TPSA) is 23.6 Å². The molecular formula is C15H21BrN2O. The van der Waals surface area contributed by atoms with E-state index in [1.807, 2.05) is 12.1 Å². The van der Waals surface area contributed by atoms with Crippen molar-refractivity contribution in [2.45, 2.75) is 25.8 Å². The third kappa shape index (κ3) is 3.37. The van der Waals surface area contributed by atoms with Crippen molar-refractivity contribution in [3.63, 3.8) is 0 Å². The molecule has 0 N–H and O–H groups in total. The molecule has 0 amide bonds. The molecule has 1 fully saturated rings. The van der Waals surface area contributed by atoms with Crippen molar-refractivity contribution in [2.75, 3.05) is 32.1 Å². The van der Waals surface area contributed by atoms with Crippen molar-refractivity contribution < 1.29 is 4.79 Å². The lowest BCUT2D eigenvalue weighted by Crippen LogP contribution is -2.45. The van der Waals surface area contributed by atoms with Crippen molar-refractivity contribution in [3.05, 3.63) is 28.2 Å². The zero-order chi connectivity index (χ0) is 14.0. The van der Waals surface area contributed by atoms with Gasteiger partial charge in [0, 0.05) is 34.9 Å². The minimum atomic E-state index is 0.134. The van der Waals surface area contributed by atoms with E-state index in [1.54, 1.807) is 6.92 Å². The van der Waals surface area contributed by atoms with Crippen molar-refractivity contribution in [3.8, 4) is 0 Å². The molecule has 0 saturated carbocycles. The lowest BCUT2D eigenvalue weighted by Gasteiger charge is -2.38. The van der Waals surface area contributed by atoms with E-state index in [9.17, 15) is 4.79 Å². The number of anilines is 1. The van der Waals surface area contributed by atoms with Gasteiger partial charge in [0.05, 0.1) is 0 Å². The number of rotatable bonds is 3. The molecule has 1 aromatic rings. The molecule has 19 heavy (non-hydrogen) atoms. The molecule has 4 heteroatoms. The summed E-state index contributed by atoms with van der Waals surface area (Å²) in [5.41, 5.74) is 1.89. The quantitative estimate of drug-likeness (QED) is 0.798. The average molecular weight is 325 g/mol. The molecule has 3 nitrogen and oxygen atoms in total. The SMILES string of the molecule is CC(=O)c1ccc(Br)cc1N1CCCC(N(C)C)C1. The molecule has 1 aromatic carbocycles. The first-order valence-electron chi connectivity index (χ1n) is 6.71. The van der Waals surface area contributed by atoms with Crippen LogP contribution in [0, 0.1) is 0 Å². The highest BCUT2D eigenvalue weighted by Gasteiger charge is 2.24. The van der Waals surface area contributed by atoms with Gasteiger partial charge >= 0.3 is 0 Å². The third-order valence-electron chi connectivity index (χ3n) is 3.81. The fraction of sp³-hybridized carbons (Fsp3) is 0.533. The molecule has 2 rings (SSSR count). The minimum absolute atomic E-state index is 0.134. The Balaban J connectivity index is 2.30. The predicted molar refractivity (Wildman–Crippen MR) is 83.1 cm³/mol. The minimum Gasteiger partial charge on any atom is -0.369 e. The summed E-state index contributed by atoms with van der Waals surface area (Å²) in [4.78, 5) is 16.4. The predicted octanol–water partition coefficient (Wildman–Crippen LogP) is 3.18. The van der Waals surface area contributed by atoms with E-state index in [2.05, 4.69) is 45.9 Å². The number of carbonyl (C=O) groups is 1. The number of ketones is 1. The molecule has 1 atom stereocenters. The Kier molecular flexibility index (Phi) is 4.63. The first-order chi connectivity index (χ1) is 8.99. The van der Waals surface area contributed by atoms with Crippen LogP contribution in [0.1, 0.15) is 30.1 Å². The number of halogens is 1. The second kappa shape index (κ2) is 6.06. The molecule has 104 valence electrons. The van der Waals surface area contributed by atoms with E-state index in [0.29, 0.717) is 6.04 Å². The standard InChI is InChI=1S/C15H21BrN2O/c1-11(19)14-7-6-12(16)9-15(14)18-8-4-5-13(10-18)17(2)3/h6-7,9,13H,4-5,8,10H2,1-3H3. The maximum atomic E-state index is 11.8. The van der Waals surface area contributed by atoms with Crippen molar-refractivity contribution in [1.29, 1.82) is 0 Å². The zero-order valence-corrected chi connectivity index (χ0v) is 13.4. The highest BCUT2D eigenvalue weighted by molar-refractivity contribution is 9.10. The fourth-order valence-electron chi connectivity index (χ4n) is 2.66. The number of piperidine rings is 1. The van der Waals surface area contributed by atoms with Gasteiger partial charge in [-0.15, -0.1) is 0 Å². The summed E-state index contributed by atoms with van der Waals surface area (Å²) in [6, 6.07) is 6.48. The summed E-state index contributed by atoms with van der Waals surface area (Å²) >= 11 is 3.51. The highest BCUT2D eigenvalue weighted by Crippen LogP contribution is 2.28. The van der Waals surface area contributed by atoms with Gasteiger partial charge in [0.2, 0.25) is 0 Å². The first kappa shape index (κ1) is 14.5. The van der Waals surface area contributed by atoms with E-state index in [-0.39, 0.29) is 5.78 Å². The molecule has 0 radical (unpaired) electrons. The number of carbonyl (C=O) groups excluding carboxylic acids is 1. The molecule has 0 bridgehead atoms. The lowest BCUT2D eigenvalue weighted by atomic mass is 10.0. The molecule has 1 unspecified atom stereocenters. The maximum absolute atomic E-state index is 11.8. The van der Waals surface area contributed by atoms with Crippen LogP contribution in [-0.4, -0.2) is 43.9 Å². The van der Waals surface area contributed by atoms with Gasteiger partial charge in [0.15, 0.2) is 5.78 Å². The van der Waals surface area contributed by atoms with Gasteiger partial charge in [0.1, 0.15) is 0 Å². The smallest absolute Gasteiger partial charge is 0.161 e. The Labute approximate surface area is 123 Å². The van der Waals surface area contributed by atoms with E-state index in [0.717, 1.165) is 28.8 Å². The molecular weight excluding hydrogens is 304 g/mol. The summed E-state index contributed by atoms with van der Waals surface area (Å²) in [7, 11) is 4.25. The summed E-state index contributed by atoms with van der Waals surface area (Å²) in [6.07, 6.45) is 2.40. The van der Waals surface area contributed by atoms with Crippen LogP contribution in [0.2, 0.25) is 0 Å². The summed E-state index contributed by atoms with van der Waals surface area (Å²) in [5.74, 6) is 0.134. The second-order valence-electron chi connectivity index (χ2n) is 5.42. The van der Waals surface area contributed by atoms with Gasteiger partial charge in [-0.05, 0) is 52.1 Å². The molecule has 1 aliphatic heterocycles. The number of hydrogen-bond donors (Lipinski definition) is 0. The van der Waals surface area contributed by atoms with E-state index in [1.165, 1.54) is 12.8 Å². The molecule has 1 saturated heterocycles. The van der Waals surface area contributed by atoms with Crippen molar-refractivity contribution in [1.82, 2.24) is 4.90 Å². The first-order valence-corrected chi connectivity index (χ1v) is 7.50. The molecule has 0 spiro atoms. The lowest BCUT2D eigenvalue weighted by molar-refractivity contribution is 0.101. The number of likely N-dealkylation sites (N-methyl/N-ethyl adjacent to an activating group) is 1. The Hall–Kier alpha value is -0.870. The molecule has 1 heterocycles. The van der Waals surface area contributed by atoms with Crippen LogP contribution in [0.15, 0.2) is 22.7 Å². The van der Waals surface area contributed by atoms with Crippen LogP contribution in [0.3, 0.4) is 0 Å². The van der Waals surface area contributed by atoms with Crippen LogP contribution in [0.25, 0.3) is 0 Å². The van der Waals surface area contributed by atoms with Crippen LogP contribution in [0.5, 0.6) is 0 Å². The molecule has 0 aromatic heterocycles. The van der Waals surface area contributed by atoms with E-state index in [4.69, 9.17) is 0 Å². The van der Waals surface area contributed by atoms with Gasteiger partial charge in [-0.2, -0.15) is 0 Å². The van der Waals surface area contributed by atoms with Crippen LogP contribution in [-0.2, 0) is 0 Å². The van der Waals surface area contributed by atoms with Gasteiger partial charge in [-0.3, -0.25) is 4.79 Å². The van der Waals surface area contributed by atoms with Gasteiger partial charge < -0.3 is 9.80 Å². The molecule has 0 aliphatic carbocycles. The Bertz CT molecular complexity index is 473. The Morgan fingerprint density at radius 2 is 2.16 bits per heavy atom. The van der Waals surface area contributed by atoms with Crippen LogP contribution >= 0.6 is 15.9 Å². The summed E-state index contributed by atoms with van der Waals surface area (Å²) in [5, 5.41) is 0. The monoisotopic (exact) mass is 324 g/mol. The highest BCUT2D eigenvalue weighted by atomic mass is 79.9. The zero-order valence-electron chi connectivity index (χ0n) is 11.8. The van der Waals surface area contributed by atoms with Gasteiger partial charge in [-0.1, -0.05) is 15.9 Å². The van der Waals surface area contributed by atoms with Crippen LogP contribution < -0.4 is 4.90 Å². The van der Waals surface area contributed by atoms with Crippen LogP contribution in [0.4, 0.5) is 5.69 Å². The van der Waals surface area contributed by atoms with Crippen molar-refractivity contribution in [2.24, 2.45) is 0 Å². The maximum Gasteiger partial charge on any atom is 0.161 e. The van der Waals surface area contributed by atoms with Crippen molar-refractivity contribution >= 4 is 27.4 Å². The number of nitrogens with zero attached hydrogens (tertiary/aromatic N) is 2. The summed E-state index contributed by atoms with van der Waals surface area (Å²) < 4.78 is 1.03. The fourth-order valence-corrected chi connectivity index (χ4v) is 3.01. The average Bonchev–Trinajstić information content (AvgIpc) is 2.38. The number of Topliss-reactive ketones (excluding diaryl/α,β-unsaturated/α-hetero) is 1. The van der Waals surface area contributed by atoms with E-state index < -0.39 is 0 Å². The van der Waals surface area contributed by atoms with Gasteiger partial charge in [-0.25, -0.2) is 0 Å². The summed E-state index contributed by atoms with van der Waals surface area (Å²) in [6.45, 7) is 3.66. The number of benzene rings is 1. The van der Waals surface area contributed by atoms with E-state index >= 15 is 0 Å². The second-order valence-corrected chi connectivity index (χ2v) is 6.34. The largest absolute Gasteiger partial charge is 0.369 e. The Morgan fingerprint density at radius 1 is 1.42 bits per heavy atom. The normalized spacial score (nSPS) is 19.8. The Morgan fingerprint density at radius 3 is 2.79 bits per heavy atom. The molecule has 1 aliphatic rings.